The zero-order chi connectivity index (χ0) is 28.2. The third-order valence-corrected chi connectivity index (χ3v) is 6.47. The van der Waals surface area contributed by atoms with E-state index in [4.69, 9.17) is 18.9 Å². The minimum Gasteiger partial charge on any atom is -0.492 e. The molecule has 0 radical (unpaired) electrons. The molecule has 0 heterocycles. The summed E-state index contributed by atoms with van der Waals surface area (Å²) in [6.45, 7) is 6.41. The van der Waals surface area contributed by atoms with E-state index in [0.29, 0.717) is 40.4 Å². The first-order chi connectivity index (χ1) is 18.7. The number of hydrogen-bond donors (Lipinski definition) is 0. The molecule has 0 bridgehead atoms. The number of ketones is 1. The van der Waals surface area contributed by atoms with Gasteiger partial charge in [0, 0.05) is 23.1 Å². The average molecular weight is 529 g/mol. The van der Waals surface area contributed by atoms with E-state index >= 15 is 0 Å². The van der Waals surface area contributed by atoms with Gasteiger partial charge in [-0.1, -0.05) is 51.1 Å². The van der Waals surface area contributed by atoms with Crippen molar-refractivity contribution in [3.05, 3.63) is 112 Å². The molecule has 0 aromatic heterocycles. The zero-order valence-corrected chi connectivity index (χ0v) is 23.1. The molecule has 4 rings (SSSR count). The fourth-order valence-corrected chi connectivity index (χ4v) is 4.54. The van der Waals surface area contributed by atoms with Gasteiger partial charge in [-0.3, -0.25) is 4.79 Å². The number of benzene rings is 4. The van der Waals surface area contributed by atoms with Gasteiger partial charge < -0.3 is 18.9 Å². The molecule has 4 aromatic rings. The van der Waals surface area contributed by atoms with Crippen LogP contribution in [0, 0.1) is 5.82 Å². The summed E-state index contributed by atoms with van der Waals surface area (Å²) in [5.41, 5.74) is 3.38. The zero-order valence-electron chi connectivity index (χ0n) is 23.1. The Balaban J connectivity index is 1.69. The summed E-state index contributed by atoms with van der Waals surface area (Å²) in [4.78, 5) is 13.7. The fourth-order valence-electron chi connectivity index (χ4n) is 4.54. The molecule has 202 valence electrons. The van der Waals surface area contributed by atoms with Gasteiger partial charge in [-0.15, -0.1) is 0 Å². The van der Waals surface area contributed by atoms with Gasteiger partial charge >= 0.3 is 0 Å². The number of carbonyl (C=O) groups is 1. The SMILES string of the molecule is COc1c(Cc2ccc(F)cc2)cc(C(=O)c2ccc(Oc3ccccc3C(C)(C)C)cc2)c(OC)c1OC. The fraction of sp³-hybridized carbons (Fsp3) is 0.242. The summed E-state index contributed by atoms with van der Waals surface area (Å²) >= 11 is 0. The molecule has 0 aliphatic rings. The van der Waals surface area contributed by atoms with E-state index in [9.17, 15) is 9.18 Å². The van der Waals surface area contributed by atoms with Crippen molar-refractivity contribution in [1.82, 2.24) is 0 Å². The molecule has 39 heavy (non-hydrogen) atoms. The van der Waals surface area contributed by atoms with Gasteiger partial charge in [-0.05, 0) is 59.5 Å². The maximum Gasteiger partial charge on any atom is 0.204 e. The van der Waals surface area contributed by atoms with Gasteiger partial charge in [-0.2, -0.15) is 0 Å². The van der Waals surface area contributed by atoms with Gasteiger partial charge in [0.15, 0.2) is 17.3 Å². The summed E-state index contributed by atoms with van der Waals surface area (Å²) in [6, 6.07) is 22.9. The Morgan fingerprint density at radius 2 is 1.38 bits per heavy atom. The van der Waals surface area contributed by atoms with Crippen LogP contribution in [0.15, 0.2) is 78.9 Å². The highest BCUT2D eigenvalue weighted by Gasteiger charge is 2.26. The van der Waals surface area contributed by atoms with Crippen LogP contribution in [0.5, 0.6) is 28.7 Å². The summed E-state index contributed by atoms with van der Waals surface area (Å²) in [5.74, 6) is 1.90. The molecule has 0 atom stereocenters. The average Bonchev–Trinajstić information content (AvgIpc) is 2.93. The van der Waals surface area contributed by atoms with Crippen LogP contribution in [-0.4, -0.2) is 27.1 Å². The first-order valence-electron chi connectivity index (χ1n) is 12.6. The summed E-state index contributed by atoms with van der Waals surface area (Å²) < 4.78 is 36.5. The number of halogens is 1. The minimum atomic E-state index is -0.316. The number of carbonyl (C=O) groups excluding carboxylic acids is 1. The molecule has 0 N–H and O–H groups in total. The Morgan fingerprint density at radius 1 is 0.769 bits per heavy atom. The highest BCUT2D eigenvalue weighted by molar-refractivity contribution is 6.11. The van der Waals surface area contributed by atoms with Crippen molar-refractivity contribution in [3.8, 4) is 28.7 Å². The maximum atomic E-state index is 13.7. The number of methoxy groups -OCH3 is 3. The quantitative estimate of drug-likeness (QED) is 0.208. The first kappa shape index (κ1) is 27.7. The van der Waals surface area contributed by atoms with Gasteiger partial charge in [0.1, 0.15) is 17.3 Å². The Kier molecular flexibility index (Phi) is 8.24. The number of rotatable bonds is 9. The van der Waals surface area contributed by atoms with Crippen molar-refractivity contribution in [1.29, 1.82) is 0 Å². The van der Waals surface area contributed by atoms with Gasteiger partial charge in [0.2, 0.25) is 5.75 Å². The standard InChI is InChI=1S/C33H33FO5/c1-33(2,3)27-9-7-8-10-28(27)39-25-17-13-22(14-18-25)29(35)26-20-23(19-21-11-15-24(34)16-12-21)30(36-4)32(38-6)31(26)37-5/h7-18,20H,19H2,1-6H3. The molecule has 0 unspecified atom stereocenters. The third-order valence-electron chi connectivity index (χ3n) is 6.47. The highest BCUT2D eigenvalue weighted by atomic mass is 19.1. The second kappa shape index (κ2) is 11.6. The molecule has 4 aromatic carbocycles. The van der Waals surface area contributed by atoms with Crippen molar-refractivity contribution in [2.45, 2.75) is 32.6 Å². The second-order valence-electron chi connectivity index (χ2n) is 10.2. The molecule has 0 fully saturated rings. The van der Waals surface area contributed by atoms with Gasteiger partial charge in [-0.25, -0.2) is 4.39 Å². The molecule has 0 saturated carbocycles. The lowest BCUT2D eigenvalue weighted by Gasteiger charge is -2.22. The lowest BCUT2D eigenvalue weighted by Crippen LogP contribution is -2.12. The summed E-state index contributed by atoms with van der Waals surface area (Å²) in [6.07, 6.45) is 0.407. The topological polar surface area (TPSA) is 54.0 Å². The van der Waals surface area contributed by atoms with Gasteiger partial charge in [0.05, 0.1) is 26.9 Å². The lowest BCUT2D eigenvalue weighted by atomic mass is 9.86. The molecule has 5 nitrogen and oxygen atoms in total. The van der Waals surface area contributed by atoms with E-state index in [2.05, 4.69) is 26.8 Å². The molecular weight excluding hydrogens is 495 g/mol. The molecule has 0 spiro atoms. The largest absolute Gasteiger partial charge is 0.492 e. The molecule has 0 saturated heterocycles. The van der Waals surface area contributed by atoms with E-state index in [1.807, 2.05) is 18.2 Å². The molecule has 0 amide bonds. The van der Waals surface area contributed by atoms with Crippen molar-refractivity contribution in [2.24, 2.45) is 0 Å². The summed E-state index contributed by atoms with van der Waals surface area (Å²) in [7, 11) is 4.51. The Morgan fingerprint density at radius 3 is 1.97 bits per heavy atom. The number of ether oxygens (including phenoxy) is 4. The van der Waals surface area contributed by atoms with Crippen LogP contribution in [0.3, 0.4) is 0 Å². The monoisotopic (exact) mass is 528 g/mol. The Labute approximate surface area is 229 Å². The van der Waals surface area contributed by atoms with Crippen molar-refractivity contribution in [2.75, 3.05) is 21.3 Å². The number of hydrogen-bond acceptors (Lipinski definition) is 5. The number of para-hydroxylation sites is 1. The van der Waals surface area contributed by atoms with E-state index in [1.54, 1.807) is 42.5 Å². The van der Waals surface area contributed by atoms with Crippen LogP contribution < -0.4 is 18.9 Å². The van der Waals surface area contributed by atoms with Gasteiger partial charge in [0.25, 0.3) is 0 Å². The van der Waals surface area contributed by atoms with E-state index in [0.717, 1.165) is 16.9 Å². The predicted octanol–water partition coefficient (Wildman–Crippen LogP) is 7.76. The minimum absolute atomic E-state index is 0.0813. The highest BCUT2D eigenvalue weighted by Crippen LogP contribution is 2.44. The Hall–Kier alpha value is -4.32. The van der Waals surface area contributed by atoms with E-state index < -0.39 is 0 Å². The van der Waals surface area contributed by atoms with E-state index in [1.165, 1.54) is 33.5 Å². The van der Waals surface area contributed by atoms with Crippen LogP contribution in [0.4, 0.5) is 4.39 Å². The van der Waals surface area contributed by atoms with E-state index in [-0.39, 0.29) is 22.8 Å². The molecular formula is C33H33FO5. The maximum absolute atomic E-state index is 13.7. The molecule has 0 aliphatic heterocycles. The second-order valence-corrected chi connectivity index (χ2v) is 10.2. The Bertz CT molecular complexity index is 1450. The van der Waals surface area contributed by atoms with Crippen LogP contribution in [0.2, 0.25) is 0 Å². The summed E-state index contributed by atoms with van der Waals surface area (Å²) in [5, 5.41) is 0. The molecule has 6 heteroatoms. The van der Waals surface area contributed by atoms with Crippen LogP contribution >= 0.6 is 0 Å². The molecule has 0 aliphatic carbocycles. The van der Waals surface area contributed by atoms with Crippen molar-refractivity contribution in [3.63, 3.8) is 0 Å². The van der Waals surface area contributed by atoms with Crippen LogP contribution in [0.1, 0.15) is 53.4 Å². The van der Waals surface area contributed by atoms with Crippen molar-refractivity contribution >= 4 is 5.78 Å². The van der Waals surface area contributed by atoms with Crippen LogP contribution in [-0.2, 0) is 11.8 Å². The predicted molar refractivity (Wildman–Crippen MR) is 150 cm³/mol. The van der Waals surface area contributed by atoms with Crippen LogP contribution in [0.25, 0.3) is 0 Å². The third kappa shape index (κ3) is 6.06. The van der Waals surface area contributed by atoms with Crippen molar-refractivity contribution < 1.29 is 28.1 Å². The lowest BCUT2D eigenvalue weighted by molar-refractivity contribution is 0.103. The first-order valence-corrected chi connectivity index (χ1v) is 12.6. The smallest absolute Gasteiger partial charge is 0.204 e. The normalized spacial score (nSPS) is 11.2.